The molecule has 2 bridgehead atoms. The molecule has 3 N–H and O–H groups in total. The second kappa shape index (κ2) is 10.4. The molecule has 2 aromatic carbocycles. The van der Waals surface area contributed by atoms with Gasteiger partial charge in [0.2, 0.25) is 11.8 Å². The lowest BCUT2D eigenvalue weighted by Gasteiger charge is -2.43. The maximum atomic E-state index is 13.6. The van der Waals surface area contributed by atoms with Gasteiger partial charge in [-0.2, -0.15) is 0 Å². The van der Waals surface area contributed by atoms with Crippen molar-refractivity contribution in [2.75, 3.05) is 11.9 Å². The number of ether oxygens (including phenoxy) is 1. The van der Waals surface area contributed by atoms with Crippen LogP contribution < -0.4 is 14.9 Å². The third kappa shape index (κ3) is 4.41. The van der Waals surface area contributed by atoms with Gasteiger partial charge in [-0.25, -0.2) is 4.79 Å². The minimum atomic E-state index is -1.23. The fraction of sp³-hybridized carbons (Fsp3) is 0.387. The Morgan fingerprint density at radius 3 is 2.49 bits per heavy atom. The van der Waals surface area contributed by atoms with Gasteiger partial charge in [0, 0.05) is 27.3 Å². The van der Waals surface area contributed by atoms with Crippen molar-refractivity contribution in [3.8, 4) is 5.75 Å². The number of hydrogen-bond acceptors (Lipinski definition) is 8. The molecule has 3 heterocycles. The second-order valence-electron chi connectivity index (χ2n) is 11.8. The highest BCUT2D eigenvalue weighted by Gasteiger charge is 2.70. The first-order valence-corrected chi connectivity index (χ1v) is 15.9. The first-order valence-electron chi connectivity index (χ1n) is 14.2. The highest BCUT2D eigenvalue weighted by Crippen LogP contribution is 2.69. The average molecular weight is 620 g/mol. The van der Waals surface area contributed by atoms with E-state index in [9.17, 15) is 29.1 Å². The number of aryl methyl sites for hydroxylation is 1. The van der Waals surface area contributed by atoms with Crippen molar-refractivity contribution in [2.24, 2.45) is 29.6 Å². The Morgan fingerprint density at radius 2 is 1.77 bits per heavy atom. The summed E-state index contributed by atoms with van der Waals surface area (Å²) in [6, 6.07) is 13.7. The normalized spacial score (nSPS) is 29.2. The molecule has 2 aliphatic heterocycles. The van der Waals surface area contributed by atoms with Gasteiger partial charge in [0.25, 0.3) is 5.91 Å². The number of aliphatic carboxylic acids is 1. The van der Waals surface area contributed by atoms with E-state index in [0.717, 1.165) is 37.3 Å². The van der Waals surface area contributed by atoms with Crippen LogP contribution in [0, 0.1) is 36.5 Å². The number of para-hydroxylation sites is 1. The number of amides is 3. The maximum absolute atomic E-state index is 13.6. The van der Waals surface area contributed by atoms with Crippen LogP contribution in [0.15, 0.2) is 58.4 Å². The van der Waals surface area contributed by atoms with Gasteiger partial charge in [-0.15, -0.1) is 11.8 Å². The molecular formula is C31H29N3O7S2. The van der Waals surface area contributed by atoms with Crippen LogP contribution in [0.3, 0.4) is 0 Å². The number of carbonyl (C=O) groups is 4. The van der Waals surface area contributed by atoms with Gasteiger partial charge in [0.1, 0.15) is 11.8 Å². The average Bonchev–Trinajstić information content (AvgIpc) is 3.71. The van der Waals surface area contributed by atoms with Crippen LogP contribution in [-0.2, 0) is 19.2 Å². The van der Waals surface area contributed by atoms with Crippen molar-refractivity contribution in [3.05, 3.63) is 74.2 Å². The highest BCUT2D eigenvalue weighted by molar-refractivity contribution is 8.00. The molecule has 3 aromatic rings. The highest BCUT2D eigenvalue weighted by atomic mass is 32.2. The number of benzene rings is 2. The number of H-pyrrole nitrogens is 1. The number of hydrogen-bond donors (Lipinski definition) is 3. The van der Waals surface area contributed by atoms with Crippen LogP contribution in [-0.4, -0.2) is 56.6 Å². The number of imide groups is 1. The van der Waals surface area contributed by atoms with E-state index in [1.807, 2.05) is 49.4 Å². The first-order chi connectivity index (χ1) is 20.6. The Bertz CT molecular complexity index is 1720. The molecule has 2 aliphatic carbocycles. The van der Waals surface area contributed by atoms with Crippen molar-refractivity contribution >= 4 is 52.5 Å². The number of carbonyl (C=O) groups excluding carboxylic acids is 3. The van der Waals surface area contributed by atoms with E-state index in [4.69, 9.17) is 4.74 Å². The summed E-state index contributed by atoms with van der Waals surface area (Å²) in [5.74, 6) is -3.65. The number of aromatic nitrogens is 1. The predicted molar refractivity (Wildman–Crippen MR) is 159 cm³/mol. The van der Waals surface area contributed by atoms with E-state index >= 15 is 0 Å². The lowest BCUT2D eigenvalue weighted by molar-refractivity contribution is -0.154. The lowest BCUT2D eigenvalue weighted by atomic mass is 9.68. The van der Waals surface area contributed by atoms with Crippen LogP contribution in [0.25, 0.3) is 0 Å². The zero-order valence-electron chi connectivity index (χ0n) is 23.3. The quantitative estimate of drug-likeness (QED) is 0.340. The third-order valence-electron chi connectivity index (χ3n) is 9.45. The van der Waals surface area contributed by atoms with Crippen molar-refractivity contribution in [3.63, 3.8) is 0 Å². The summed E-state index contributed by atoms with van der Waals surface area (Å²) in [6.45, 7) is 3.12. The van der Waals surface area contributed by atoms with Gasteiger partial charge >= 0.3 is 10.8 Å². The molecule has 12 heteroatoms. The SMILES string of the molecule is Cc1ccc(NC(=O)COc2ccccc2[C@H]2c3sc(=O)[nH]c3SC3C4CC(C5C(=O)N(C(C)C(=O)O)C(=O)C45)C32)cc1. The van der Waals surface area contributed by atoms with Crippen molar-refractivity contribution in [1.29, 1.82) is 0 Å². The molecule has 1 saturated heterocycles. The van der Waals surface area contributed by atoms with E-state index in [2.05, 4.69) is 10.3 Å². The molecular weight excluding hydrogens is 590 g/mol. The molecule has 10 nitrogen and oxygen atoms in total. The summed E-state index contributed by atoms with van der Waals surface area (Å²) in [6.07, 6.45) is 0.683. The topological polar surface area (TPSA) is 146 Å². The third-order valence-corrected chi connectivity index (χ3v) is 12.0. The smallest absolute Gasteiger partial charge is 0.326 e. The number of carboxylic acid groups (broad SMARTS) is 1. The number of thioether (sulfide) groups is 1. The summed E-state index contributed by atoms with van der Waals surface area (Å²) in [4.78, 5) is 68.8. The maximum Gasteiger partial charge on any atom is 0.326 e. The largest absolute Gasteiger partial charge is 0.483 e. The number of aromatic amines is 1. The zero-order valence-corrected chi connectivity index (χ0v) is 24.9. The van der Waals surface area contributed by atoms with E-state index in [1.165, 1.54) is 6.92 Å². The molecule has 4 aliphatic rings. The van der Waals surface area contributed by atoms with Gasteiger partial charge in [-0.3, -0.25) is 24.1 Å². The monoisotopic (exact) mass is 619 g/mol. The van der Waals surface area contributed by atoms with Crippen LogP contribution in [0.4, 0.5) is 5.69 Å². The predicted octanol–water partition coefficient (Wildman–Crippen LogP) is 3.71. The van der Waals surface area contributed by atoms with Crippen LogP contribution in [0.5, 0.6) is 5.75 Å². The number of likely N-dealkylation sites (tertiary alicyclic amines) is 1. The number of fused-ring (bicyclic) bond motifs is 9. The molecule has 0 radical (unpaired) electrons. The summed E-state index contributed by atoms with van der Waals surface area (Å²) in [5, 5.41) is 13.1. The molecule has 1 aromatic heterocycles. The van der Waals surface area contributed by atoms with Crippen molar-refractivity contribution in [2.45, 2.75) is 42.5 Å². The Balaban J connectivity index is 1.21. The Kier molecular flexibility index (Phi) is 6.73. The van der Waals surface area contributed by atoms with E-state index in [0.29, 0.717) is 17.9 Å². The molecule has 7 rings (SSSR count). The van der Waals surface area contributed by atoms with Gasteiger partial charge < -0.3 is 20.1 Å². The van der Waals surface area contributed by atoms with Crippen LogP contribution in [0.1, 0.15) is 35.3 Å². The molecule has 222 valence electrons. The molecule has 3 amide bonds. The van der Waals surface area contributed by atoms with Gasteiger partial charge in [-0.05, 0) is 56.2 Å². The molecule has 8 atom stereocenters. The minimum Gasteiger partial charge on any atom is -0.483 e. The second-order valence-corrected chi connectivity index (χ2v) is 14.0. The number of rotatable bonds is 7. The lowest BCUT2D eigenvalue weighted by Crippen LogP contribution is -2.44. The summed E-state index contributed by atoms with van der Waals surface area (Å²) in [5.41, 5.74) is 2.56. The number of carboxylic acids is 1. The summed E-state index contributed by atoms with van der Waals surface area (Å²) < 4.78 is 6.10. The Morgan fingerprint density at radius 1 is 1.07 bits per heavy atom. The van der Waals surface area contributed by atoms with Crippen LogP contribution in [0.2, 0.25) is 0 Å². The van der Waals surface area contributed by atoms with E-state index in [1.54, 1.807) is 17.8 Å². The molecule has 7 unspecified atom stereocenters. The number of nitrogens with one attached hydrogen (secondary N) is 2. The van der Waals surface area contributed by atoms with E-state index < -0.39 is 35.7 Å². The zero-order chi connectivity index (χ0) is 30.2. The molecule has 3 fully saturated rings. The molecule has 0 spiro atoms. The fourth-order valence-corrected chi connectivity index (χ4v) is 10.6. The van der Waals surface area contributed by atoms with Gasteiger partial charge in [0.05, 0.1) is 16.9 Å². The Labute approximate surface area is 254 Å². The fourth-order valence-electron chi connectivity index (χ4n) is 7.73. The molecule has 43 heavy (non-hydrogen) atoms. The standard InChI is InChI=1S/C31H29N3O7S2/c1-13-7-9-15(10-8-13)32-20(35)12-41-19-6-4-3-5-16(19)21-22-17-11-18(25(22)42-27-26(21)43-31(40)33-27)24-23(17)28(36)34(29(24)37)14(2)30(38)39/h3-10,14,17-18,21-25H,11-12H2,1-2H3,(H,32,35)(H,33,40)(H,38,39)/t14?,17?,18?,21-,22?,23?,24?,25?/m1/s1. The van der Waals surface area contributed by atoms with Crippen molar-refractivity contribution < 1.29 is 29.0 Å². The summed E-state index contributed by atoms with van der Waals surface area (Å²) in [7, 11) is 0. The molecule has 2 saturated carbocycles. The van der Waals surface area contributed by atoms with Gasteiger partial charge in [-0.1, -0.05) is 47.2 Å². The Hall–Kier alpha value is -3.90. The number of nitrogens with zero attached hydrogens (tertiary/aromatic N) is 1. The first kappa shape index (κ1) is 27.9. The number of thiazole rings is 1. The van der Waals surface area contributed by atoms with Crippen LogP contribution >= 0.6 is 23.1 Å². The van der Waals surface area contributed by atoms with Crippen molar-refractivity contribution in [1.82, 2.24) is 9.88 Å². The summed E-state index contributed by atoms with van der Waals surface area (Å²) >= 11 is 2.69. The van der Waals surface area contributed by atoms with Gasteiger partial charge in [0.15, 0.2) is 6.61 Å². The number of anilines is 1. The minimum absolute atomic E-state index is 0.0521. The van der Waals surface area contributed by atoms with E-state index in [-0.39, 0.29) is 46.3 Å².